The predicted octanol–water partition coefficient (Wildman–Crippen LogP) is 3.28. The summed E-state index contributed by atoms with van der Waals surface area (Å²) < 4.78 is 33.3. The van der Waals surface area contributed by atoms with E-state index in [4.69, 9.17) is 4.52 Å². The molecule has 0 aliphatic carbocycles. The Morgan fingerprint density at radius 2 is 1.77 bits per heavy atom. The van der Waals surface area contributed by atoms with E-state index in [-0.39, 0.29) is 4.90 Å². The Labute approximate surface area is 175 Å². The second kappa shape index (κ2) is 8.37. The van der Waals surface area contributed by atoms with Crippen LogP contribution >= 0.6 is 0 Å². The number of aryl methyl sites for hydroxylation is 4. The van der Waals surface area contributed by atoms with Crippen LogP contribution in [0, 0.1) is 27.7 Å². The van der Waals surface area contributed by atoms with Gasteiger partial charge in [-0.3, -0.25) is 4.79 Å². The molecule has 9 heteroatoms. The van der Waals surface area contributed by atoms with Gasteiger partial charge in [-0.15, -0.1) is 0 Å². The second-order valence-corrected chi connectivity index (χ2v) is 8.95. The minimum atomic E-state index is -3.97. The Hall–Kier alpha value is -3.04. The molecule has 0 spiro atoms. The minimum Gasteiger partial charge on any atom is -0.339 e. The van der Waals surface area contributed by atoms with E-state index in [1.54, 1.807) is 32.0 Å². The Kier molecular flexibility index (Phi) is 6.04. The third kappa shape index (κ3) is 4.74. The van der Waals surface area contributed by atoms with Gasteiger partial charge in [0, 0.05) is 18.2 Å². The van der Waals surface area contributed by atoms with Gasteiger partial charge in [-0.05, 0) is 51.0 Å². The molecule has 3 rings (SSSR count). The zero-order valence-corrected chi connectivity index (χ0v) is 18.3. The van der Waals surface area contributed by atoms with E-state index in [1.165, 1.54) is 13.0 Å². The van der Waals surface area contributed by atoms with Crippen LogP contribution in [-0.2, 0) is 14.8 Å². The van der Waals surface area contributed by atoms with Gasteiger partial charge in [-0.1, -0.05) is 35.0 Å². The highest BCUT2D eigenvalue weighted by Gasteiger charge is 2.25. The molecule has 0 aliphatic rings. The maximum Gasteiger partial charge on any atom is 0.242 e. The number of aromatic nitrogens is 2. The molecule has 1 aromatic heterocycles. The lowest BCUT2D eigenvalue weighted by molar-refractivity contribution is -0.117. The average Bonchev–Trinajstić information content (AvgIpc) is 3.10. The SMILES string of the molecule is Cc1ccc(NC(=O)[C@H](C)NS(=O)(=O)c2cc(-c3noc(C)n3)ccc2C)c(C)c1. The summed E-state index contributed by atoms with van der Waals surface area (Å²) in [5.74, 6) is 0.225. The fourth-order valence-electron chi connectivity index (χ4n) is 2.99. The summed E-state index contributed by atoms with van der Waals surface area (Å²) in [6.07, 6.45) is 0. The highest BCUT2D eigenvalue weighted by Crippen LogP contribution is 2.24. The van der Waals surface area contributed by atoms with Crippen LogP contribution in [0.4, 0.5) is 5.69 Å². The van der Waals surface area contributed by atoms with Gasteiger partial charge in [-0.25, -0.2) is 8.42 Å². The van der Waals surface area contributed by atoms with Gasteiger partial charge in [0.2, 0.25) is 27.6 Å². The maximum absolute atomic E-state index is 13.0. The van der Waals surface area contributed by atoms with Crippen molar-refractivity contribution < 1.29 is 17.7 Å². The number of hydrogen-bond acceptors (Lipinski definition) is 6. The summed E-state index contributed by atoms with van der Waals surface area (Å²) in [4.78, 5) is 16.7. The van der Waals surface area contributed by atoms with Crippen LogP contribution < -0.4 is 10.0 Å². The molecule has 0 bridgehead atoms. The first-order valence-corrected chi connectivity index (χ1v) is 10.9. The molecule has 0 fully saturated rings. The number of nitrogens with one attached hydrogen (secondary N) is 2. The fourth-order valence-corrected chi connectivity index (χ4v) is 4.46. The molecule has 1 heterocycles. The number of sulfonamides is 1. The molecular weight excluding hydrogens is 404 g/mol. The summed E-state index contributed by atoms with van der Waals surface area (Å²) in [5, 5.41) is 6.59. The lowest BCUT2D eigenvalue weighted by atomic mass is 10.1. The van der Waals surface area contributed by atoms with Gasteiger partial charge >= 0.3 is 0 Å². The van der Waals surface area contributed by atoms with E-state index in [0.29, 0.717) is 28.5 Å². The lowest BCUT2D eigenvalue weighted by Crippen LogP contribution is -2.41. The van der Waals surface area contributed by atoms with Crippen molar-refractivity contribution in [2.75, 3.05) is 5.32 Å². The summed E-state index contributed by atoms with van der Waals surface area (Å²) >= 11 is 0. The van der Waals surface area contributed by atoms with Gasteiger partial charge < -0.3 is 9.84 Å². The van der Waals surface area contributed by atoms with Crippen molar-refractivity contribution in [1.29, 1.82) is 0 Å². The summed E-state index contributed by atoms with van der Waals surface area (Å²) in [6.45, 7) is 8.67. The molecule has 2 N–H and O–H groups in total. The summed E-state index contributed by atoms with van der Waals surface area (Å²) in [6, 6.07) is 9.49. The zero-order valence-electron chi connectivity index (χ0n) is 17.5. The topological polar surface area (TPSA) is 114 Å². The standard InChI is InChI=1S/C21H24N4O4S/c1-12-6-9-18(14(3)10-12)23-21(26)15(4)25-30(27,28)19-11-17(8-7-13(19)2)20-22-16(5)29-24-20/h6-11,15,25H,1-5H3,(H,23,26)/t15-/m0/s1. The van der Waals surface area contributed by atoms with E-state index in [9.17, 15) is 13.2 Å². The molecule has 2 aromatic carbocycles. The highest BCUT2D eigenvalue weighted by molar-refractivity contribution is 7.89. The van der Waals surface area contributed by atoms with Gasteiger partial charge in [0.25, 0.3) is 0 Å². The Morgan fingerprint density at radius 3 is 2.40 bits per heavy atom. The molecular formula is C21H24N4O4S. The van der Waals surface area contributed by atoms with E-state index < -0.39 is 22.0 Å². The van der Waals surface area contributed by atoms with Crippen molar-refractivity contribution in [1.82, 2.24) is 14.9 Å². The second-order valence-electron chi connectivity index (χ2n) is 7.27. The number of benzene rings is 2. The number of hydrogen-bond donors (Lipinski definition) is 2. The van der Waals surface area contributed by atoms with Crippen molar-refractivity contribution in [2.45, 2.75) is 45.6 Å². The van der Waals surface area contributed by atoms with Crippen LogP contribution in [0.3, 0.4) is 0 Å². The summed E-state index contributed by atoms with van der Waals surface area (Å²) in [5.41, 5.74) is 3.66. The van der Waals surface area contributed by atoms with E-state index >= 15 is 0 Å². The normalized spacial score (nSPS) is 12.6. The average molecular weight is 429 g/mol. The highest BCUT2D eigenvalue weighted by atomic mass is 32.2. The molecule has 1 atom stereocenters. The third-order valence-corrected chi connectivity index (χ3v) is 6.31. The third-order valence-electron chi connectivity index (χ3n) is 4.63. The largest absolute Gasteiger partial charge is 0.339 e. The minimum absolute atomic E-state index is 0.0496. The number of anilines is 1. The van der Waals surface area contributed by atoms with Gasteiger partial charge in [-0.2, -0.15) is 9.71 Å². The van der Waals surface area contributed by atoms with Crippen molar-refractivity contribution >= 4 is 21.6 Å². The van der Waals surface area contributed by atoms with E-state index in [1.807, 2.05) is 26.0 Å². The predicted molar refractivity (Wildman–Crippen MR) is 114 cm³/mol. The zero-order chi connectivity index (χ0) is 22.1. The molecule has 1 amide bonds. The van der Waals surface area contributed by atoms with Crippen molar-refractivity contribution in [3.05, 3.63) is 59.0 Å². The number of carbonyl (C=O) groups is 1. The van der Waals surface area contributed by atoms with Crippen LogP contribution in [-0.4, -0.2) is 30.5 Å². The van der Waals surface area contributed by atoms with Crippen LogP contribution in [0.5, 0.6) is 0 Å². The molecule has 30 heavy (non-hydrogen) atoms. The van der Waals surface area contributed by atoms with E-state index in [0.717, 1.165) is 11.1 Å². The number of carbonyl (C=O) groups excluding carboxylic acids is 1. The van der Waals surface area contributed by atoms with Gasteiger partial charge in [0.05, 0.1) is 10.9 Å². The molecule has 0 unspecified atom stereocenters. The Balaban J connectivity index is 1.80. The summed E-state index contributed by atoms with van der Waals surface area (Å²) in [7, 11) is -3.97. The van der Waals surface area contributed by atoms with Crippen LogP contribution in [0.15, 0.2) is 45.8 Å². The molecule has 3 aromatic rings. The smallest absolute Gasteiger partial charge is 0.242 e. The van der Waals surface area contributed by atoms with Gasteiger partial charge in [0.15, 0.2) is 0 Å². The maximum atomic E-state index is 13.0. The van der Waals surface area contributed by atoms with Crippen LogP contribution in [0.2, 0.25) is 0 Å². The quantitative estimate of drug-likeness (QED) is 0.623. The monoisotopic (exact) mass is 428 g/mol. The molecule has 0 saturated heterocycles. The molecule has 0 aliphatic heterocycles. The van der Waals surface area contributed by atoms with E-state index in [2.05, 4.69) is 20.2 Å². The number of amides is 1. The Morgan fingerprint density at radius 1 is 1.03 bits per heavy atom. The molecule has 0 saturated carbocycles. The van der Waals surface area contributed by atoms with Crippen molar-refractivity contribution in [3.63, 3.8) is 0 Å². The van der Waals surface area contributed by atoms with Crippen molar-refractivity contribution in [2.24, 2.45) is 0 Å². The number of rotatable bonds is 6. The van der Waals surface area contributed by atoms with Crippen LogP contribution in [0.25, 0.3) is 11.4 Å². The fraction of sp³-hybridized carbons (Fsp3) is 0.286. The lowest BCUT2D eigenvalue weighted by Gasteiger charge is -2.17. The Bertz CT molecular complexity index is 1200. The first-order valence-electron chi connectivity index (χ1n) is 9.38. The van der Waals surface area contributed by atoms with Crippen LogP contribution in [0.1, 0.15) is 29.5 Å². The van der Waals surface area contributed by atoms with Crippen molar-refractivity contribution in [3.8, 4) is 11.4 Å². The number of nitrogens with zero attached hydrogens (tertiary/aromatic N) is 2. The van der Waals surface area contributed by atoms with Gasteiger partial charge in [0.1, 0.15) is 0 Å². The molecule has 8 nitrogen and oxygen atoms in total. The first kappa shape index (κ1) is 21.7. The molecule has 158 valence electrons. The molecule has 0 radical (unpaired) electrons. The first-order chi connectivity index (χ1) is 14.1.